The van der Waals surface area contributed by atoms with Crippen LogP contribution in [0.15, 0.2) is 48.8 Å². The van der Waals surface area contributed by atoms with Gasteiger partial charge in [0.15, 0.2) is 5.82 Å². The number of piperidine rings is 1. The summed E-state index contributed by atoms with van der Waals surface area (Å²) in [6.45, 7) is 2.84. The molecule has 5 N–H and O–H groups in total. The molecule has 0 atom stereocenters. The lowest BCUT2D eigenvalue weighted by molar-refractivity contribution is -0.156. The van der Waals surface area contributed by atoms with E-state index in [1.807, 2.05) is 10.00 Å². The van der Waals surface area contributed by atoms with Crippen LogP contribution in [0.2, 0.25) is 5.02 Å². The largest absolute Gasteiger partial charge is 0.446 e. The number of rotatable bonds is 8. The second-order valence-electron chi connectivity index (χ2n) is 13.3. The molecule has 4 aromatic rings. The van der Waals surface area contributed by atoms with Gasteiger partial charge in [0, 0.05) is 68.6 Å². The van der Waals surface area contributed by atoms with Crippen molar-refractivity contribution in [1.82, 2.24) is 34.4 Å². The number of hydrogen-bond acceptors (Lipinski definition) is 9. The number of aliphatic hydroxyl groups excluding tert-OH is 1. The highest BCUT2D eigenvalue weighted by Gasteiger charge is 2.37. The van der Waals surface area contributed by atoms with Gasteiger partial charge < -0.3 is 30.5 Å². The van der Waals surface area contributed by atoms with Crippen LogP contribution in [0.3, 0.4) is 0 Å². The molecule has 6 rings (SSSR count). The number of anilines is 1. The summed E-state index contributed by atoms with van der Waals surface area (Å²) >= 11 is 6.49. The number of benzene rings is 2. The van der Waals surface area contributed by atoms with Crippen molar-refractivity contribution in [3.05, 3.63) is 76.7 Å². The molecule has 2 aliphatic heterocycles. The van der Waals surface area contributed by atoms with Crippen LogP contribution in [-0.2, 0) is 27.6 Å². The number of carbonyl (C=O) groups is 5. The average molecular weight is 874 g/mol. The van der Waals surface area contributed by atoms with E-state index in [2.05, 4.69) is 15.4 Å². The maximum absolute atomic E-state index is 15.1. The lowest BCUT2D eigenvalue weighted by Crippen LogP contribution is -2.53. The summed E-state index contributed by atoms with van der Waals surface area (Å²) in [6.07, 6.45) is -6.94. The lowest BCUT2D eigenvalue weighted by Gasteiger charge is -2.38. The minimum Gasteiger partial charge on any atom is -0.400 e. The van der Waals surface area contributed by atoms with Crippen LogP contribution in [0.5, 0.6) is 0 Å². The predicted molar refractivity (Wildman–Crippen MR) is 202 cm³/mol. The molecule has 324 valence electrons. The molecule has 23 heteroatoms. The van der Waals surface area contributed by atoms with Crippen LogP contribution >= 0.6 is 11.6 Å². The Bertz CT molecular complexity index is 2180. The Balaban J connectivity index is 0.000000912. The maximum atomic E-state index is 15.1. The van der Waals surface area contributed by atoms with Crippen molar-refractivity contribution in [1.29, 1.82) is 0 Å². The van der Waals surface area contributed by atoms with Gasteiger partial charge in [-0.1, -0.05) is 23.7 Å². The number of imidazole rings is 1. The van der Waals surface area contributed by atoms with E-state index < -0.39 is 47.5 Å². The van der Waals surface area contributed by atoms with Gasteiger partial charge in [-0.2, -0.15) is 31.4 Å². The molecule has 60 heavy (non-hydrogen) atoms. The van der Waals surface area contributed by atoms with Crippen LogP contribution < -0.4 is 11.1 Å². The fourth-order valence-corrected chi connectivity index (χ4v) is 6.82. The number of aldehydes is 1. The van der Waals surface area contributed by atoms with Crippen molar-refractivity contribution >= 4 is 47.2 Å². The zero-order chi connectivity index (χ0) is 44.5. The zero-order valence-electron chi connectivity index (χ0n) is 31.9. The van der Waals surface area contributed by atoms with Gasteiger partial charge in [0.25, 0.3) is 11.8 Å². The number of aromatic amines is 1. The number of nitrogens with one attached hydrogen (secondary N) is 2. The third kappa shape index (κ3) is 11.7. The van der Waals surface area contributed by atoms with Gasteiger partial charge in [0.2, 0.25) is 18.1 Å². The van der Waals surface area contributed by atoms with Crippen LogP contribution in [0, 0.1) is 11.7 Å². The van der Waals surface area contributed by atoms with Crippen LogP contribution in [0.4, 0.5) is 36.4 Å². The Morgan fingerprint density at radius 1 is 0.933 bits per heavy atom. The van der Waals surface area contributed by atoms with Crippen LogP contribution in [0.1, 0.15) is 39.5 Å². The smallest absolute Gasteiger partial charge is 0.400 e. The highest BCUT2D eigenvalue weighted by atomic mass is 35.5. The number of aliphatic hydroxyl groups is 1. The molecule has 4 amide bonds. The highest BCUT2D eigenvalue weighted by molar-refractivity contribution is 6.34. The number of hydrogen-bond donors (Lipinski definition) is 4. The van der Waals surface area contributed by atoms with E-state index in [4.69, 9.17) is 27.2 Å². The number of alkyl halides is 6. The van der Waals surface area contributed by atoms with Crippen molar-refractivity contribution in [2.75, 3.05) is 58.2 Å². The molecule has 15 nitrogen and oxygen atoms in total. The van der Waals surface area contributed by atoms with Crippen molar-refractivity contribution in [2.24, 2.45) is 18.7 Å². The predicted octanol–water partition coefficient (Wildman–Crippen LogP) is 4.38. The van der Waals surface area contributed by atoms with Gasteiger partial charge in [-0.25, -0.2) is 9.37 Å². The molecule has 4 heterocycles. The summed E-state index contributed by atoms with van der Waals surface area (Å²) in [5.41, 5.74) is 4.47. The van der Waals surface area contributed by atoms with E-state index in [0.717, 1.165) is 19.4 Å². The normalized spacial score (nSPS) is 15.0. The molecule has 0 spiro atoms. The number of primary amides is 1. The third-order valence-electron chi connectivity index (χ3n) is 9.45. The summed E-state index contributed by atoms with van der Waals surface area (Å²) in [6, 6.07) is 8.10. The number of halogens is 8. The van der Waals surface area contributed by atoms with Crippen LogP contribution in [0.25, 0.3) is 22.4 Å². The molecule has 0 radical (unpaired) electrons. The first-order valence-corrected chi connectivity index (χ1v) is 18.2. The van der Waals surface area contributed by atoms with Gasteiger partial charge in [0.05, 0.1) is 35.2 Å². The Hall–Kier alpha value is -5.87. The Morgan fingerprint density at radius 3 is 2.10 bits per heavy atom. The van der Waals surface area contributed by atoms with E-state index >= 15 is 4.39 Å². The van der Waals surface area contributed by atoms with E-state index in [-0.39, 0.29) is 57.5 Å². The number of aromatic nitrogens is 4. The van der Waals surface area contributed by atoms with E-state index in [1.165, 1.54) is 48.1 Å². The molecule has 0 aliphatic carbocycles. The molecule has 0 bridgehead atoms. The Morgan fingerprint density at radius 2 is 1.55 bits per heavy atom. The Kier molecular flexibility index (Phi) is 15.5. The van der Waals surface area contributed by atoms with Crippen molar-refractivity contribution in [2.45, 2.75) is 25.2 Å². The third-order valence-corrected chi connectivity index (χ3v) is 9.77. The van der Waals surface area contributed by atoms with Crippen molar-refractivity contribution in [3.63, 3.8) is 0 Å². The highest BCUT2D eigenvalue weighted by Crippen LogP contribution is 2.37. The van der Waals surface area contributed by atoms with E-state index in [9.17, 15) is 45.5 Å². The fourth-order valence-electron chi connectivity index (χ4n) is 6.56. The fraction of sp³-hybridized carbons (Fsp3) is 0.378. The molecule has 2 aromatic carbocycles. The van der Waals surface area contributed by atoms with Crippen molar-refractivity contribution < 1.29 is 59.8 Å². The number of H-pyrrole nitrogens is 1. The minimum absolute atomic E-state index is 0.0437. The number of likely N-dealkylation sites (tertiary alicyclic amines) is 1. The number of nitrogens with two attached hydrogens (primary N) is 1. The molecule has 2 aromatic heterocycles. The first kappa shape index (κ1) is 46.8. The van der Waals surface area contributed by atoms with Gasteiger partial charge in [0.1, 0.15) is 11.5 Å². The second kappa shape index (κ2) is 19.9. The minimum atomic E-state index is -4.75. The molecule has 2 aliphatic rings. The quantitative estimate of drug-likeness (QED) is 0.147. The molecule has 2 fully saturated rings. The molecule has 2 saturated heterocycles. The van der Waals surface area contributed by atoms with Gasteiger partial charge in [-0.05, 0) is 50.2 Å². The summed E-state index contributed by atoms with van der Waals surface area (Å²) < 4.78 is 87.7. The van der Waals surface area contributed by atoms with Gasteiger partial charge >= 0.3 is 12.4 Å². The monoisotopic (exact) mass is 873 g/mol. The Labute approximate surface area is 342 Å². The van der Waals surface area contributed by atoms with Crippen molar-refractivity contribution in [3.8, 4) is 22.4 Å². The number of amides is 4. The summed E-state index contributed by atoms with van der Waals surface area (Å²) in [5.74, 6) is -2.41. The van der Waals surface area contributed by atoms with Gasteiger partial charge in [-0.3, -0.25) is 34.0 Å². The van der Waals surface area contributed by atoms with E-state index in [0.29, 0.717) is 57.8 Å². The average Bonchev–Trinajstić information content (AvgIpc) is 3.86. The number of piperazine rings is 1. The summed E-state index contributed by atoms with van der Waals surface area (Å²) in [5, 5.41) is 15.0. The first-order valence-electron chi connectivity index (χ1n) is 17.9. The second-order valence-corrected chi connectivity index (χ2v) is 13.7. The standard InChI is InChI=1S/C34H34ClF4N9O4.C2HF3O.CH4O/c1-45-27(20-2-4-22(26(36)14-20)24-16-42-44-29(24)34(37,38)39)17-41-30(45)31(50)43-21-3-5-23(25(35)15-21)33(52)48-12-10-47(11-13-48)32(51)19-6-8-46(9-7-19)18-28(40)49;3-2(4,5)1-6;1-2/h2-5,14-17,19H,6-13,18H2,1H3,(H2,40,49)(H,42,44)(H,43,50);1H;2H,1H3. The topological polar surface area (TPSA) is 200 Å². The first-order chi connectivity index (χ1) is 28.3. The summed E-state index contributed by atoms with van der Waals surface area (Å²) in [4.78, 5) is 69.0. The SMILES string of the molecule is CO.Cn1c(-c2ccc(-c3cn[nH]c3C(F)(F)F)c(F)c2)cnc1C(=O)Nc1ccc(C(=O)N2CCN(C(=O)C3CCN(CC(N)=O)CC3)CC2)c(Cl)c1.O=CC(F)(F)F. The lowest BCUT2D eigenvalue weighted by atomic mass is 9.95. The zero-order valence-corrected chi connectivity index (χ0v) is 32.7. The molecule has 0 unspecified atom stereocenters. The molecule has 0 saturated carbocycles. The number of nitrogens with zero attached hydrogens (tertiary/aromatic N) is 6. The van der Waals surface area contributed by atoms with Crippen LogP contribution in [-0.4, -0.2) is 129 Å². The molecular weight excluding hydrogens is 835 g/mol. The molecular formula is C37H39ClF7N9O6. The summed E-state index contributed by atoms with van der Waals surface area (Å²) in [7, 11) is 2.53. The maximum Gasteiger partial charge on any atom is 0.446 e. The number of carbonyl (C=O) groups excluding carboxylic acids is 5. The van der Waals surface area contributed by atoms with E-state index in [1.54, 1.807) is 9.80 Å². The van der Waals surface area contributed by atoms with Gasteiger partial charge in [-0.15, -0.1) is 0 Å².